The van der Waals surface area contributed by atoms with Crippen molar-refractivity contribution in [2.75, 3.05) is 14.2 Å². The fraction of sp³-hybridized carbons (Fsp3) is 0.133. The van der Waals surface area contributed by atoms with Crippen molar-refractivity contribution in [1.82, 2.24) is 0 Å². The minimum atomic E-state index is 0. The van der Waals surface area contributed by atoms with Crippen LogP contribution in [0.2, 0.25) is 13.1 Å². The predicted molar refractivity (Wildman–Crippen MR) is 143 cm³/mol. The molecule has 170 valence electrons. The minimum absolute atomic E-state index is 0. The quantitative estimate of drug-likeness (QED) is 0.186. The zero-order valence-electron chi connectivity index (χ0n) is 20.2. The molecule has 0 fully saturated rings. The second kappa shape index (κ2) is 16.2. The average molecular weight is 499 g/mol. The van der Waals surface area contributed by atoms with Crippen LogP contribution < -0.4 is 10.2 Å². The maximum atomic E-state index is 8.25. The van der Waals surface area contributed by atoms with Crippen LogP contribution in [0.3, 0.4) is 0 Å². The minimum Gasteiger partial charge on any atom is -0.857 e. The summed E-state index contributed by atoms with van der Waals surface area (Å²) in [5.41, 5.74) is 0. The van der Waals surface area contributed by atoms with Crippen LogP contribution in [-0.4, -0.2) is 23.7 Å². The Bertz CT molecular complexity index is 1160. The van der Waals surface area contributed by atoms with Gasteiger partial charge in [0, 0.05) is 9.52 Å². The molecule has 0 unspecified atom stereocenters. The Morgan fingerprint density at radius 2 is 0.618 bits per heavy atom. The van der Waals surface area contributed by atoms with E-state index in [4.69, 9.17) is 10.2 Å². The van der Waals surface area contributed by atoms with Crippen LogP contribution in [0.15, 0.2) is 109 Å². The van der Waals surface area contributed by atoms with Gasteiger partial charge in [-0.15, -0.1) is 79.5 Å². The largest absolute Gasteiger partial charge is 4.00 e. The third-order valence-corrected chi connectivity index (χ3v) is 5.05. The zero-order chi connectivity index (χ0) is 24.1. The summed E-state index contributed by atoms with van der Waals surface area (Å²) < 4.78 is 0. The van der Waals surface area contributed by atoms with Gasteiger partial charge in [-0.1, -0.05) is 85.9 Å². The van der Waals surface area contributed by atoms with Gasteiger partial charge < -0.3 is 10.2 Å². The van der Waals surface area contributed by atoms with Crippen LogP contribution in [-0.2, 0) is 21.7 Å². The van der Waals surface area contributed by atoms with Gasteiger partial charge in [0.1, 0.15) is 0 Å². The SMILES string of the molecule is C[O-].C[O-].C[Si]C.[Ti+4].c1ccc2c(c1)[cH-]c1ccccc12.c1ccc2c(c1)[cH-]c1ccccc12. The maximum absolute atomic E-state index is 8.25. The van der Waals surface area contributed by atoms with E-state index >= 15 is 0 Å². The van der Waals surface area contributed by atoms with Gasteiger partial charge in [0.25, 0.3) is 0 Å². The molecule has 0 spiro atoms. The molecule has 0 aliphatic rings. The second-order valence-electron chi connectivity index (χ2n) is 7.14. The Morgan fingerprint density at radius 3 is 0.824 bits per heavy atom. The third kappa shape index (κ3) is 7.23. The van der Waals surface area contributed by atoms with Crippen molar-refractivity contribution in [3.05, 3.63) is 109 Å². The van der Waals surface area contributed by atoms with Crippen LogP contribution >= 0.6 is 0 Å². The van der Waals surface area contributed by atoms with Crippen molar-refractivity contribution < 1.29 is 31.9 Å². The standard InChI is InChI=1S/2C13H9.C2H6Si.2CH3O.Ti/c2*1-3-7-12-10(5-1)9-11-6-2-4-8-13(11)12;1-3-2;2*1-2;/h2*1-9H;1-2H3;2*1H3;/q2*-1;;2*-1;+4. The molecule has 0 aromatic heterocycles. The van der Waals surface area contributed by atoms with Crippen molar-refractivity contribution in [3.63, 3.8) is 0 Å². The summed E-state index contributed by atoms with van der Waals surface area (Å²) in [4.78, 5) is 0. The summed E-state index contributed by atoms with van der Waals surface area (Å²) in [6, 6.07) is 38.5. The molecule has 0 saturated carbocycles. The van der Waals surface area contributed by atoms with Gasteiger partial charge in [-0.25, -0.2) is 0 Å². The van der Waals surface area contributed by atoms with Crippen molar-refractivity contribution in [2.45, 2.75) is 13.1 Å². The Hall–Kier alpha value is -2.53. The van der Waals surface area contributed by atoms with Crippen molar-refractivity contribution in [2.24, 2.45) is 0 Å². The zero-order valence-corrected chi connectivity index (χ0v) is 22.8. The molecule has 0 N–H and O–H groups in total. The van der Waals surface area contributed by atoms with Gasteiger partial charge >= 0.3 is 21.7 Å². The normalized spacial score (nSPS) is 9.35. The summed E-state index contributed by atoms with van der Waals surface area (Å²) in [5.74, 6) is 0. The van der Waals surface area contributed by atoms with E-state index in [0.29, 0.717) is 0 Å². The van der Waals surface area contributed by atoms with Crippen LogP contribution in [0.25, 0.3) is 43.1 Å². The first-order valence-electron chi connectivity index (χ1n) is 10.8. The summed E-state index contributed by atoms with van der Waals surface area (Å²) in [5, 5.41) is 27.3. The Labute approximate surface area is 220 Å². The molecule has 34 heavy (non-hydrogen) atoms. The first-order chi connectivity index (χ1) is 16.3. The molecule has 6 aromatic carbocycles. The molecule has 0 bridgehead atoms. The van der Waals surface area contributed by atoms with Crippen LogP contribution in [0.5, 0.6) is 0 Å². The van der Waals surface area contributed by atoms with E-state index in [9.17, 15) is 0 Å². The van der Waals surface area contributed by atoms with Crippen molar-refractivity contribution in [1.29, 1.82) is 0 Å². The maximum Gasteiger partial charge on any atom is 4.00 e. The average Bonchev–Trinajstić information content (AvgIpc) is 3.46. The molecule has 0 atom stereocenters. The molecule has 2 nitrogen and oxygen atoms in total. The molecular formula is C30H30O2SiTi. The van der Waals surface area contributed by atoms with Gasteiger partial charge in [0.2, 0.25) is 0 Å². The molecule has 6 rings (SSSR count). The summed E-state index contributed by atoms with van der Waals surface area (Å²) in [6.07, 6.45) is 0. The molecule has 2 radical (unpaired) electrons. The monoisotopic (exact) mass is 498 g/mol. The summed E-state index contributed by atoms with van der Waals surface area (Å²) in [7, 11) is 2.58. The molecule has 0 aliphatic heterocycles. The van der Waals surface area contributed by atoms with Gasteiger partial charge in [0.05, 0.1) is 0 Å². The smallest absolute Gasteiger partial charge is 0.857 e. The van der Waals surface area contributed by atoms with Gasteiger partial charge in [-0.3, -0.25) is 0 Å². The first kappa shape index (κ1) is 29.5. The number of rotatable bonds is 0. The molecular weight excluding hydrogens is 468 g/mol. The van der Waals surface area contributed by atoms with E-state index in [2.05, 4.69) is 122 Å². The summed E-state index contributed by atoms with van der Waals surface area (Å²) in [6.45, 7) is 4.31. The van der Waals surface area contributed by atoms with E-state index in [1.807, 2.05) is 0 Å². The molecule has 0 aliphatic carbocycles. The number of hydrogen-bond donors (Lipinski definition) is 0. The van der Waals surface area contributed by atoms with E-state index in [-0.39, 0.29) is 21.7 Å². The molecule has 0 saturated heterocycles. The molecule has 4 heteroatoms. The number of fused-ring (bicyclic) bond motifs is 6. The number of hydrogen-bond acceptors (Lipinski definition) is 2. The summed E-state index contributed by atoms with van der Waals surface area (Å²) >= 11 is 0. The Kier molecular flexibility index (Phi) is 14.0. The fourth-order valence-corrected chi connectivity index (χ4v) is 3.81. The van der Waals surface area contributed by atoms with Gasteiger partial charge in [-0.05, 0) is 0 Å². The van der Waals surface area contributed by atoms with Gasteiger partial charge in [-0.2, -0.15) is 14.2 Å². The first-order valence-corrected chi connectivity index (χ1v) is 12.8. The van der Waals surface area contributed by atoms with Crippen LogP contribution in [0.1, 0.15) is 0 Å². The van der Waals surface area contributed by atoms with E-state index in [0.717, 1.165) is 23.7 Å². The molecule has 0 heterocycles. The second-order valence-corrected chi connectivity index (χ2v) is 8.14. The molecule has 0 amide bonds. The van der Waals surface area contributed by atoms with Gasteiger partial charge in [0.15, 0.2) is 0 Å². The molecule has 6 aromatic rings. The van der Waals surface area contributed by atoms with E-state index < -0.39 is 0 Å². The van der Waals surface area contributed by atoms with Crippen LogP contribution in [0.4, 0.5) is 0 Å². The Balaban J connectivity index is 0.000000264. The fourth-order valence-electron chi connectivity index (χ4n) is 3.81. The van der Waals surface area contributed by atoms with Crippen LogP contribution in [0, 0.1) is 0 Å². The number of benzene rings is 4. The van der Waals surface area contributed by atoms with Crippen molar-refractivity contribution >= 4 is 52.6 Å². The van der Waals surface area contributed by atoms with Crippen molar-refractivity contribution in [3.8, 4) is 0 Å². The predicted octanol–water partition coefficient (Wildman–Crippen LogP) is 6.16. The van der Waals surface area contributed by atoms with E-state index in [1.54, 1.807) is 0 Å². The topological polar surface area (TPSA) is 46.1 Å². The van der Waals surface area contributed by atoms with E-state index in [1.165, 1.54) is 43.1 Å². The third-order valence-electron chi connectivity index (χ3n) is 5.05. The Morgan fingerprint density at radius 1 is 0.441 bits per heavy atom.